The summed E-state index contributed by atoms with van der Waals surface area (Å²) in [5, 5.41) is 2.96. The van der Waals surface area contributed by atoms with Gasteiger partial charge >= 0.3 is 0 Å². The van der Waals surface area contributed by atoms with Crippen molar-refractivity contribution in [1.29, 1.82) is 0 Å². The summed E-state index contributed by atoms with van der Waals surface area (Å²) in [5.41, 5.74) is 2.21. The van der Waals surface area contributed by atoms with E-state index in [1.165, 1.54) is 32.4 Å². The van der Waals surface area contributed by atoms with Gasteiger partial charge in [-0.1, -0.05) is 24.5 Å². The topological polar surface area (TPSA) is 48.5 Å². The number of hydrogen-bond acceptors (Lipinski definition) is 4. The lowest BCUT2D eigenvalue weighted by Crippen LogP contribution is -2.30. The van der Waals surface area contributed by atoms with Gasteiger partial charge in [0, 0.05) is 19.2 Å². The fourth-order valence-electron chi connectivity index (χ4n) is 3.69. The predicted octanol–water partition coefficient (Wildman–Crippen LogP) is 3.66. The third-order valence-corrected chi connectivity index (χ3v) is 5.09. The average molecular weight is 360 g/mol. The molecule has 5 nitrogen and oxygen atoms in total. The molecular weight excluding hydrogens is 336 g/mol. The van der Waals surface area contributed by atoms with Crippen LogP contribution in [0.1, 0.15) is 36.0 Å². The van der Waals surface area contributed by atoms with Gasteiger partial charge in [-0.2, -0.15) is 0 Å². The Morgan fingerprint density at radius 2 is 1.89 bits per heavy atom. The van der Waals surface area contributed by atoms with Crippen LogP contribution in [0.4, 0.5) is 17.2 Å². The van der Waals surface area contributed by atoms with Crippen molar-refractivity contribution in [3.8, 4) is 11.8 Å². The van der Waals surface area contributed by atoms with E-state index in [9.17, 15) is 4.79 Å². The van der Waals surface area contributed by atoms with Crippen molar-refractivity contribution in [3.05, 3.63) is 48.2 Å². The molecule has 0 aliphatic carbocycles. The van der Waals surface area contributed by atoms with Gasteiger partial charge in [-0.05, 0) is 50.2 Å². The van der Waals surface area contributed by atoms with E-state index in [0.29, 0.717) is 17.8 Å². The molecule has 3 heterocycles. The minimum absolute atomic E-state index is 0.111. The number of nitrogens with one attached hydrogen (secondary N) is 1. The molecule has 5 heteroatoms. The van der Waals surface area contributed by atoms with Crippen molar-refractivity contribution in [2.45, 2.75) is 25.7 Å². The Bertz CT molecular complexity index is 877. The highest BCUT2D eigenvalue weighted by molar-refractivity contribution is 6.12. The number of piperidine rings is 1. The highest BCUT2D eigenvalue weighted by Crippen LogP contribution is 2.35. The molecule has 0 atom stereocenters. The summed E-state index contributed by atoms with van der Waals surface area (Å²) in [4.78, 5) is 21.6. The highest BCUT2D eigenvalue weighted by atomic mass is 16.1. The van der Waals surface area contributed by atoms with E-state index >= 15 is 0 Å². The lowest BCUT2D eigenvalue weighted by atomic mass is 10.1. The molecule has 0 radical (unpaired) electrons. The summed E-state index contributed by atoms with van der Waals surface area (Å²) >= 11 is 0. The third kappa shape index (κ3) is 3.96. The summed E-state index contributed by atoms with van der Waals surface area (Å²) < 4.78 is 0. The number of carbonyl (C=O) groups is 1. The predicted molar refractivity (Wildman–Crippen MR) is 108 cm³/mol. The molecule has 1 saturated heterocycles. The Kier molecular flexibility index (Phi) is 5.36. The van der Waals surface area contributed by atoms with Crippen molar-refractivity contribution in [1.82, 2.24) is 9.88 Å². The Balaban J connectivity index is 1.52. The number of fused-ring (bicyclic) bond motifs is 2. The van der Waals surface area contributed by atoms with E-state index in [0.717, 1.165) is 24.5 Å². The highest BCUT2D eigenvalue weighted by Gasteiger charge is 2.25. The molecule has 1 fully saturated rings. The van der Waals surface area contributed by atoms with Crippen LogP contribution in [-0.4, -0.2) is 42.0 Å². The number of rotatable bonds is 3. The molecule has 138 valence electrons. The monoisotopic (exact) mass is 360 g/mol. The number of likely N-dealkylation sites (tertiary alicyclic amines) is 1. The van der Waals surface area contributed by atoms with Crippen molar-refractivity contribution in [2.75, 3.05) is 36.4 Å². The molecule has 0 bridgehead atoms. The van der Waals surface area contributed by atoms with Gasteiger partial charge in [0.05, 0.1) is 23.5 Å². The molecule has 0 unspecified atom stereocenters. The number of pyridine rings is 1. The fourth-order valence-corrected chi connectivity index (χ4v) is 3.69. The molecule has 0 spiro atoms. The summed E-state index contributed by atoms with van der Waals surface area (Å²) in [6.07, 6.45) is 6.59. The van der Waals surface area contributed by atoms with Crippen LogP contribution >= 0.6 is 0 Å². The van der Waals surface area contributed by atoms with E-state index in [1.54, 1.807) is 6.20 Å². The molecule has 2 aliphatic heterocycles. The van der Waals surface area contributed by atoms with Crippen molar-refractivity contribution in [2.24, 2.45) is 0 Å². The first-order valence-corrected chi connectivity index (χ1v) is 9.64. The molecule has 27 heavy (non-hydrogen) atoms. The van der Waals surface area contributed by atoms with Gasteiger partial charge in [-0.25, -0.2) is 4.98 Å². The molecule has 4 rings (SSSR count). The summed E-state index contributed by atoms with van der Waals surface area (Å²) in [5.74, 6) is 7.22. The first kappa shape index (κ1) is 17.6. The van der Waals surface area contributed by atoms with Crippen LogP contribution in [0.3, 0.4) is 0 Å². The van der Waals surface area contributed by atoms with Crippen LogP contribution in [0.15, 0.2) is 42.6 Å². The molecule has 1 aromatic heterocycles. The molecular formula is C22H24N4O. The average Bonchev–Trinajstić information content (AvgIpc) is 2.83. The van der Waals surface area contributed by atoms with Gasteiger partial charge < -0.3 is 15.1 Å². The van der Waals surface area contributed by atoms with E-state index < -0.39 is 0 Å². The zero-order valence-corrected chi connectivity index (χ0v) is 15.4. The van der Waals surface area contributed by atoms with Gasteiger partial charge in [0.2, 0.25) is 0 Å². The second-order valence-electron chi connectivity index (χ2n) is 6.94. The zero-order chi connectivity index (χ0) is 18.5. The van der Waals surface area contributed by atoms with Gasteiger partial charge in [0.1, 0.15) is 0 Å². The van der Waals surface area contributed by atoms with Gasteiger partial charge in [0.25, 0.3) is 5.91 Å². The number of aromatic nitrogens is 1. The Morgan fingerprint density at radius 1 is 1.04 bits per heavy atom. The quantitative estimate of drug-likeness (QED) is 0.849. The Morgan fingerprint density at radius 3 is 2.78 bits per heavy atom. The molecule has 1 aromatic carbocycles. The van der Waals surface area contributed by atoms with Crippen LogP contribution in [0, 0.1) is 11.8 Å². The first-order valence-electron chi connectivity index (χ1n) is 9.64. The number of hydrogen-bond donors (Lipinski definition) is 1. The maximum atomic E-state index is 12.6. The number of benzene rings is 1. The maximum Gasteiger partial charge on any atom is 0.257 e. The van der Waals surface area contributed by atoms with Crippen LogP contribution in [-0.2, 0) is 0 Å². The van der Waals surface area contributed by atoms with Crippen molar-refractivity contribution < 1.29 is 4.79 Å². The van der Waals surface area contributed by atoms with Crippen LogP contribution in [0.25, 0.3) is 0 Å². The number of nitrogens with zero attached hydrogens (tertiary/aromatic N) is 3. The molecule has 2 aromatic rings. The lowest BCUT2D eigenvalue weighted by Gasteiger charge is -2.25. The summed E-state index contributed by atoms with van der Waals surface area (Å²) in [6.45, 7) is 3.95. The lowest BCUT2D eigenvalue weighted by molar-refractivity contribution is 0.102. The smallest absolute Gasteiger partial charge is 0.257 e. The Labute approximate surface area is 160 Å². The number of para-hydroxylation sites is 1. The minimum atomic E-state index is -0.111. The van der Waals surface area contributed by atoms with Gasteiger partial charge in [0.15, 0.2) is 5.82 Å². The number of carbonyl (C=O) groups excluding carboxylic acids is 1. The third-order valence-electron chi connectivity index (χ3n) is 5.09. The second kappa shape index (κ2) is 8.24. The van der Waals surface area contributed by atoms with E-state index in [-0.39, 0.29) is 5.91 Å². The van der Waals surface area contributed by atoms with Crippen LogP contribution < -0.4 is 10.2 Å². The number of anilines is 3. The van der Waals surface area contributed by atoms with Crippen molar-refractivity contribution >= 4 is 23.1 Å². The second-order valence-corrected chi connectivity index (χ2v) is 6.94. The maximum absolute atomic E-state index is 12.6. The molecule has 1 amide bonds. The zero-order valence-electron chi connectivity index (χ0n) is 15.4. The Hall–Kier alpha value is -2.84. The van der Waals surface area contributed by atoms with E-state index in [2.05, 4.69) is 27.0 Å². The van der Waals surface area contributed by atoms with Crippen LogP contribution in [0.5, 0.6) is 0 Å². The molecule has 0 saturated carbocycles. The fraction of sp³-hybridized carbons (Fsp3) is 0.364. The van der Waals surface area contributed by atoms with Crippen LogP contribution in [0.2, 0.25) is 0 Å². The van der Waals surface area contributed by atoms with E-state index in [4.69, 9.17) is 0 Å². The number of amides is 1. The summed E-state index contributed by atoms with van der Waals surface area (Å²) in [6, 6.07) is 11.3. The van der Waals surface area contributed by atoms with Crippen molar-refractivity contribution in [3.63, 3.8) is 0 Å². The van der Waals surface area contributed by atoms with Gasteiger partial charge in [-0.15, -0.1) is 5.92 Å². The van der Waals surface area contributed by atoms with E-state index in [1.807, 2.05) is 41.3 Å². The normalized spacial score (nSPS) is 16.4. The minimum Gasteiger partial charge on any atom is -0.319 e. The molecule has 2 aliphatic rings. The molecule has 1 N–H and O–H groups in total. The van der Waals surface area contributed by atoms with Gasteiger partial charge in [-0.3, -0.25) is 4.79 Å². The summed E-state index contributed by atoms with van der Waals surface area (Å²) in [7, 11) is 0. The first-order chi connectivity index (χ1) is 13.3. The SMILES string of the molecule is O=C1Nc2cccnc2N(CC#CCCN2CCCCC2)c2ccccc21. The standard InChI is InChI=1S/C22H24N4O/c27-22-18-10-3-4-12-20(18)26(21-19(24-22)11-9-13-23-21)17-8-2-7-16-25-14-5-1-6-15-25/h3-4,9-13H,1,5-7,14-17H2,(H,24,27). The largest absolute Gasteiger partial charge is 0.319 e.